The number of H-pyrrole nitrogens is 1. The van der Waals surface area contributed by atoms with Gasteiger partial charge in [0.2, 0.25) is 11.7 Å². The number of anilines is 1. The molecule has 41 heavy (non-hydrogen) atoms. The number of nitrogens with two attached hydrogens (primary N) is 1. The number of para-hydroxylation sites is 1. The molecule has 0 radical (unpaired) electrons. The number of nitrogen functional groups attached to an aromatic ring is 1. The van der Waals surface area contributed by atoms with Crippen molar-refractivity contribution in [1.29, 1.82) is 0 Å². The lowest BCUT2D eigenvalue weighted by Gasteiger charge is -2.31. The van der Waals surface area contributed by atoms with Crippen molar-refractivity contribution in [1.82, 2.24) is 24.1 Å². The molecule has 0 unspecified atom stereocenters. The van der Waals surface area contributed by atoms with E-state index >= 15 is 0 Å². The van der Waals surface area contributed by atoms with Gasteiger partial charge in [0.1, 0.15) is 5.82 Å². The first-order valence-corrected chi connectivity index (χ1v) is 14.7. The number of carbonyl (C=O) groups excluding carboxylic acids is 1. The summed E-state index contributed by atoms with van der Waals surface area (Å²) in [7, 11) is 0. The van der Waals surface area contributed by atoms with Crippen LogP contribution in [0.1, 0.15) is 51.5 Å². The van der Waals surface area contributed by atoms with E-state index in [1.54, 1.807) is 24.4 Å². The lowest BCUT2D eigenvalue weighted by molar-refractivity contribution is 0.103. The second-order valence-electron chi connectivity index (χ2n) is 10.4. The van der Waals surface area contributed by atoms with Gasteiger partial charge in [-0.3, -0.25) is 9.10 Å². The molecule has 210 valence electrons. The predicted molar refractivity (Wildman–Crippen MR) is 161 cm³/mol. The summed E-state index contributed by atoms with van der Waals surface area (Å²) >= 11 is 1.81. The fourth-order valence-electron chi connectivity index (χ4n) is 5.53. The number of piperidine rings is 1. The van der Waals surface area contributed by atoms with Gasteiger partial charge in [-0.2, -0.15) is 5.10 Å². The minimum absolute atomic E-state index is 0.0836. The summed E-state index contributed by atoms with van der Waals surface area (Å²) in [6.07, 6.45) is 7.40. The van der Waals surface area contributed by atoms with Crippen LogP contribution in [0, 0.1) is 19.7 Å². The lowest BCUT2D eigenvalue weighted by atomic mass is 9.87. The third-order valence-corrected chi connectivity index (χ3v) is 8.67. The zero-order chi connectivity index (χ0) is 28.7. The first-order valence-electron chi connectivity index (χ1n) is 13.5. The van der Waals surface area contributed by atoms with Crippen LogP contribution in [0.15, 0.2) is 60.9 Å². The van der Waals surface area contributed by atoms with Crippen molar-refractivity contribution >= 4 is 34.5 Å². The van der Waals surface area contributed by atoms with Gasteiger partial charge < -0.3 is 15.5 Å². The maximum absolute atomic E-state index is 14.0. The van der Waals surface area contributed by atoms with Crippen LogP contribution in [0.2, 0.25) is 0 Å². The average molecular weight is 571 g/mol. The molecule has 5 aromatic rings. The van der Waals surface area contributed by atoms with Crippen molar-refractivity contribution in [2.75, 3.05) is 25.1 Å². The number of nitrogens with zero attached hydrogens (tertiary/aromatic N) is 4. The lowest BCUT2D eigenvalue weighted by Crippen LogP contribution is -2.27. The maximum Gasteiger partial charge on any atom is 0.219 e. The molecule has 1 aliphatic rings. The zero-order valence-electron chi connectivity index (χ0n) is 23.1. The van der Waals surface area contributed by atoms with Crippen molar-refractivity contribution in [2.45, 2.75) is 32.6 Å². The third-order valence-electron chi connectivity index (χ3n) is 7.79. The van der Waals surface area contributed by atoms with E-state index in [0.29, 0.717) is 22.9 Å². The van der Waals surface area contributed by atoms with Crippen LogP contribution in [-0.2, 0) is 0 Å². The summed E-state index contributed by atoms with van der Waals surface area (Å²) in [5.41, 5.74) is 12.1. The number of ketones is 1. The first kappa shape index (κ1) is 27.0. The number of hydrogen-bond donors (Lipinski definition) is 2. The topological polar surface area (TPSA) is 102 Å². The van der Waals surface area contributed by atoms with Gasteiger partial charge in [-0.25, -0.2) is 14.1 Å². The molecule has 8 nitrogen and oxygen atoms in total. The minimum atomic E-state index is -0.477. The molecule has 3 N–H and O–H groups in total. The standard InChI is InChI=1S/C31H31FN6O2S/c1-18-12-21-14-26(36-25(21)15-22(18)20-8-10-37(41-3)11-9-20)30(39)23-16-35-38(31(23)33)27-17-34-29(13-19(27)2)40-28-7-5-4-6-24(28)32/h4-7,12-17,20,36H,8-11,33H2,1-3H3. The highest BCUT2D eigenvalue weighted by atomic mass is 32.2. The molecule has 1 aliphatic heterocycles. The number of hydrogen-bond acceptors (Lipinski definition) is 7. The first-order chi connectivity index (χ1) is 19.8. The highest BCUT2D eigenvalue weighted by Gasteiger charge is 2.24. The Morgan fingerprint density at radius 3 is 2.61 bits per heavy atom. The minimum Gasteiger partial charge on any atom is -0.436 e. The van der Waals surface area contributed by atoms with Crippen LogP contribution in [0.3, 0.4) is 0 Å². The monoisotopic (exact) mass is 570 g/mol. The second-order valence-corrected chi connectivity index (χ2v) is 11.3. The molecular weight excluding hydrogens is 539 g/mol. The fourth-order valence-corrected chi connectivity index (χ4v) is 6.11. The summed E-state index contributed by atoms with van der Waals surface area (Å²) in [5.74, 6) is 0.331. The molecule has 1 saturated heterocycles. The Morgan fingerprint density at radius 2 is 1.88 bits per heavy atom. The molecule has 4 heterocycles. The summed E-state index contributed by atoms with van der Waals surface area (Å²) in [6.45, 7) is 6.15. The van der Waals surface area contributed by atoms with Crippen molar-refractivity contribution in [3.8, 4) is 17.3 Å². The van der Waals surface area contributed by atoms with E-state index < -0.39 is 5.82 Å². The SMILES string of the molecule is CSN1CCC(c2cc3[nH]c(C(=O)c4cnn(-c5cnc(Oc6ccccc6F)cc5C)c4N)cc3cc2C)CC1. The van der Waals surface area contributed by atoms with Crippen LogP contribution in [0.5, 0.6) is 11.6 Å². The van der Waals surface area contributed by atoms with E-state index in [2.05, 4.69) is 44.7 Å². The van der Waals surface area contributed by atoms with Gasteiger partial charge in [-0.1, -0.05) is 24.1 Å². The molecule has 3 aromatic heterocycles. The summed E-state index contributed by atoms with van der Waals surface area (Å²) in [4.78, 5) is 21.2. The van der Waals surface area contributed by atoms with Gasteiger partial charge >= 0.3 is 0 Å². The Bertz CT molecular complexity index is 1760. The molecule has 0 saturated carbocycles. The number of aromatic nitrogens is 4. The third kappa shape index (κ3) is 5.20. The summed E-state index contributed by atoms with van der Waals surface area (Å²) in [5, 5.41) is 5.38. The maximum atomic E-state index is 14.0. The van der Waals surface area contributed by atoms with E-state index in [1.807, 2.05) is 24.9 Å². The van der Waals surface area contributed by atoms with Crippen LogP contribution >= 0.6 is 11.9 Å². The van der Waals surface area contributed by atoms with Gasteiger partial charge in [-0.05, 0) is 85.9 Å². The molecule has 0 amide bonds. The number of nitrogens with one attached hydrogen (secondary N) is 1. The van der Waals surface area contributed by atoms with Gasteiger partial charge in [0.05, 0.1) is 29.3 Å². The Labute approximate surface area is 241 Å². The zero-order valence-corrected chi connectivity index (χ0v) is 24.0. The molecule has 0 atom stereocenters. The fraction of sp³-hybridized carbons (Fsp3) is 0.258. The summed E-state index contributed by atoms with van der Waals surface area (Å²) in [6, 6.07) is 14.0. The molecule has 10 heteroatoms. The molecule has 0 aliphatic carbocycles. The van der Waals surface area contributed by atoms with Crippen molar-refractivity contribution < 1.29 is 13.9 Å². The highest BCUT2D eigenvalue weighted by molar-refractivity contribution is 7.96. The normalized spacial score (nSPS) is 14.5. The second kappa shape index (κ2) is 11.0. The summed E-state index contributed by atoms with van der Waals surface area (Å²) < 4.78 is 23.5. The molecular formula is C31H31FN6O2S. The van der Waals surface area contributed by atoms with Gasteiger partial charge in [0.15, 0.2) is 11.6 Å². The number of ether oxygens (including phenoxy) is 1. The van der Waals surface area contributed by atoms with Gasteiger partial charge in [0, 0.05) is 30.1 Å². The average Bonchev–Trinajstić information content (AvgIpc) is 3.56. The Morgan fingerprint density at radius 1 is 1.10 bits per heavy atom. The van der Waals surface area contributed by atoms with E-state index in [0.717, 1.165) is 42.4 Å². The number of fused-ring (bicyclic) bond motifs is 1. The van der Waals surface area contributed by atoms with Crippen LogP contribution in [0.4, 0.5) is 10.2 Å². The van der Waals surface area contributed by atoms with Crippen molar-refractivity contribution in [2.24, 2.45) is 0 Å². The van der Waals surface area contributed by atoms with Gasteiger partial charge in [0.25, 0.3) is 0 Å². The highest BCUT2D eigenvalue weighted by Crippen LogP contribution is 2.35. The number of carbonyl (C=O) groups is 1. The number of pyridine rings is 1. The van der Waals surface area contributed by atoms with E-state index in [1.165, 1.54) is 34.1 Å². The van der Waals surface area contributed by atoms with E-state index in [-0.39, 0.29) is 23.2 Å². The Hall–Kier alpha value is -4.15. The quantitative estimate of drug-likeness (QED) is 0.169. The smallest absolute Gasteiger partial charge is 0.219 e. The number of aromatic amines is 1. The molecule has 0 spiro atoms. The Balaban J connectivity index is 1.24. The van der Waals surface area contributed by atoms with E-state index in [4.69, 9.17) is 10.5 Å². The van der Waals surface area contributed by atoms with Crippen molar-refractivity contribution in [3.05, 3.63) is 94.7 Å². The number of aryl methyl sites for hydroxylation is 2. The van der Waals surface area contributed by atoms with E-state index in [9.17, 15) is 9.18 Å². The largest absolute Gasteiger partial charge is 0.436 e. The number of halogens is 1. The predicted octanol–water partition coefficient (Wildman–Crippen LogP) is 6.57. The van der Waals surface area contributed by atoms with Crippen molar-refractivity contribution in [3.63, 3.8) is 0 Å². The molecule has 6 rings (SSSR count). The molecule has 0 bridgehead atoms. The van der Waals surface area contributed by atoms with Crippen LogP contribution in [0.25, 0.3) is 16.6 Å². The number of benzene rings is 2. The van der Waals surface area contributed by atoms with Crippen LogP contribution in [-0.4, -0.2) is 49.2 Å². The molecule has 1 fully saturated rings. The van der Waals surface area contributed by atoms with Crippen LogP contribution < -0.4 is 10.5 Å². The van der Waals surface area contributed by atoms with Gasteiger partial charge in [-0.15, -0.1) is 0 Å². The number of rotatable bonds is 7. The molecule has 2 aromatic carbocycles. The Kier molecular flexibility index (Phi) is 7.27.